The molecule has 0 radical (unpaired) electrons. The van der Waals surface area contributed by atoms with Crippen LogP contribution in [0, 0.1) is 0 Å². The molecule has 2 saturated heterocycles. The smallest absolute Gasteiger partial charge is 0.0480 e. The minimum absolute atomic E-state index is 0.198. The summed E-state index contributed by atoms with van der Waals surface area (Å²) in [6, 6.07) is 2.20. The molecule has 3 aliphatic rings. The highest BCUT2D eigenvalue weighted by Crippen LogP contribution is 2.40. The summed E-state index contributed by atoms with van der Waals surface area (Å²) in [6.45, 7) is 6.17. The van der Waals surface area contributed by atoms with Crippen molar-refractivity contribution in [2.45, 2.75) is 62.7 Å². The number of likely N-dealkylation sites (tertiary alicyclic amines) is 1. The maximum Gasteiger partial charge on any atom is 0.0480 e. The Hall–Kier alpha value is -0.160. The zero-order chi connectivity index (χ0) is 13.5. The lowest BCUT2D eigenvalue weighted by Gasteiger charge is -2.44. The van der Waals surface area contributed by atoms with Crippen molar-refractivity contribution in [1.82, 2.24) is 9.80 Å². The average Bonchev–Trinajstić information content (AvgIpc) is 3.23. The van der Waals surface area contributed by atoms with E-state index >= 15 is 0 Å². The third kappa shape index (κ3) is 2.56. The van der Waals surface area contributed by atoms with Gasteiger partial charge in [-0.2, -0.15) is 0 Å². The standard InChI is InChI=1S/C15H29N3O/c1-12-9-15(10-16,11-18(12)14-3-4-14)17(2)13-5-7-19-8-6-13/h12-14H,3-11,16H2,1-2H3. The molecule has 1 aliphatic carbocycles. The normalized spacial score (nSPS) is 38.2. The lowest BCUT2D eigenvalue weighted by molar-refractivity contribution is 0.000790. The quantitative estimate of drug-likeness (QED) is 0.827. The maximum atomic E-state index is 6.22. The Morgan fingerprint density at radius 3 is 2.53 bits per heavy atom. The molecule has 1 saturated carbocycles. The molecule has 2 unspecified atom stereocenters. The zero-order valence-electron chi connectivity index (χ0n) is 12.5. The van der Waals surface area contributed by atoms with E-state index in [4.69, 9.17) is 10.5 Å². The Morgan fingerprint density at radius 1 is 1.26 bits per heavy atom. The third-order valence-corrected chi connectivity index (χ3v) is 5.60. The van der Waals surface area contributed by atoms with Crippen LogP contribution in [0.3, 0.4) is 0 Å². The van der Waals surface area contributed by atoms with Gasteiger partial charge in [-0.15, -0.1) is 0 Å². The van der Waals surface area contributed by atoms with Gasteiger partial charge in [0, 0.05) is 50.0 Å². The summed E-state index contributed by atoms with van der Waals surface area (Å²) in [5, 5.41) is 0. The van der Waals surface area contributed by atoms with E-state index in [1.807, 2.05) is 0 Å². The van der Waals surface area contributed by atoms with Crippen LogP contribution in [-0.4, -0.2) is 66.8 Å². The van der Waals surface area contributed by atoms with Gasteiger partial charge in [0.15, 0.2) is 0 Å². The summed E-state index contributed by atoms with van der Waals surface area (Å²) in [6.07, 6.45) is 6.35. The summed E-state index contributed by atoms with van der Waals surface area (Å²) >= 11 is 0. The van der Waals surface area contributed by atoms with Gasteiger partial charge < -0.3 is 10.5 Å². The van der Waals surface area contributed by atoms with Crippen LogP contribution < -0.4 is 5.73 Å². The molecule has 0 aromatic heterocycles. The van der Waals surface area contributed by atoms with Crippen molar-refractivity contribution in [3.63, 3.8) is 0 Å². The second kappa shape index (κ2) is 5.32. The Kier molecular flexibility index (Phi) is 3.87. The number of hydrogen-bond acceptors (Lipinski definition) is 4. The van der Waals surface area contributed by atoms with E-state index in [1.165, 1.54) is 25.8 Å². The fraction of sp³-hybridized carbons (Fsp3) is 1.00. The molecule has 3 fully saturated rings. The molecule has 0 spiro atoms. The fourth-order valence-corrected chi connectivity index (χ4v) is 4.13. The second-order valence-corrected chi connectivity index (χ2v) is 6.84. The average molecular weight is 267 g/mol. The second-order valence-electron chi connectivity index (χ2n) is 6.84. The predicted octanol–water partition coefficient (Wildman–Crippen LogP) is 1.05. The van der Waals surface area contributed by atoms with Crippen molar-refractivity contribution in [2.75, 3.05) is 33.4 Å². The topological polar surface area (TPSA) is 41.7 Å². The summed E-state index contributed by atoms with van der Waals surface area (Å²) < 4.78 is 5.50. The van der Waals surface area contributed by atoms with Crippen molar-refractivity contribution in [3.05, 3.63) is 0 Å². The lowest BCUT2D eigenvalue weighted by Crippen LogP contribution is -2.58. The molecule has 0 aromatic rings. The number of nitrogens with two attached hydrogens (primary N) is 1. The largest absolute Gasteiger partial charge is 0.381 e. The first-order chi connectivity index (χ1) is 9.16. The lowest BCUT2D eigenvalue weighted by atomic mass is 9.91. The molecule has 110 valence electrons. The first kappa shape index (κ1) is 13.8. The van der Waals surface area contributed by atoms with E-state index < -0.39 is 0 Å². The monoisotopic (exact) mass is 267 g/mol. The van der Waals surface area contributed by atoms with Gasteiger partial charge in [0.1, 0.15) is 0 Å². The van der Waals surface area contributed by atoms with Gasteiger partial charge >= 0.3 is 0 Å². The molecule has 2 heterocycles. The van der Waals surface area contributed by atoms with Crippen LogP contribution in [0.4, 0.5) is 0 Å². The number of ether oxygens (including phenoxy) is 1. The maximum absolute atomic E-state index is 6.22. The molecule has 0 amide bonds. The van der Waals surface area contributed by atoms with E-state index in [-0.39, 0.29) is 5.54 Å². The van der Waals surface area contributed by atoms with E-state index in [0.29, 0.717) is 12.1 Å². The zero-order valence-corrected chi connectivity index (χ0v) is 12.5. The SMILES string of the molecule is CC1CC(CN)(N(C)C2CCOCC2)CN1C1CC1. The molecule has 0 aromatic carbocycles. The number of rotatable bonds is 4. The van der Waals surface area contributed by atoms with Crippen LogP contribution in [0.1, 0.15) is 39.0 Å². The molecule has 4 heteroatoms. The first-order valence-corrected chi connectivity index (χ1v) is 7.93. The molecular weight excluding hydrogens is 238 g/mol. The molecule has 3 rings (SSSR count). The van der Waals surface area contributed by atoms with Crippen LogP contribution in [0.5, 0.6) is 0 Å². The molecular formula is C15H29N3O. The van der Waals surface area contributed by atoms with E-state index in [2.05, 4.69) is 23.8 Å². The summed E-state index contributed by atoms with van der Waals surface area (Å²) in [5.74, 6) is 0. The van der Waals surface area contributed by atoms with Crippen molar-refractivity contribution < 1.29 is 4.74 Å². The summed E-state index contributed by atoms with van der Waals surface area (Å²) in [4.78, 5) is 5.32. The molecule has 0 bridgehead atoms. The van der Waals surface area contributed by atoms with Gasteiger partial charge in [-0.05, 0) is 46.1 Å². The van der Waals surface area contributed by atoms with E-state index in [1.54, 1.807) is 0 Å². The fourth-order valence-electron chi connectivity index (χ4n) is 4.13. The number of hydrogen-bond donors (Lipinski definition) is 1. The van der Waals surface area contributed by atoms with Crippen molar-refractivity contribution in [1.29, 1.82) is 0 Å². The van der Waals surface area contributed by atoms with Crippen LogP contribution in [0.15, 0.2) is 0 Å². The van der Waals surface area contributed by atoms with Crippen molar-refractivity contribution in [3.8, 4) is 0 Å². The van der Waals surface area contributed by atoms with Gasteiger partial charge in [-0.1, -0.05) is 0 Å². The van der Waals surface area contributed by atoms with Crippen molar-refractivity contribution in [2.24, 2.45) is 5.73 Å². The molecule has 2 aliphatic heterocycles. The Labute approximate surface area is 117 Å². The van der Waals surface area contributed by atoms with Crippen LogP contribution in [-0.2, 0) is 4.74 Å². The molecule has 2 N–H and O–H groups in total. The van der Waals surface area contributed by atoms with Gasteiger partial charge in [-0.3, -0.25) is 9.80 Å². The Balaban J connectivity index is 1.71. The van der Waals surface area contributed by atoms with Crippen LogP contribution >= 0.6 is 0 Å². The number of nitrogens with zero attached hydrogens (tertiary/aromatic N) is 2. The summed E-state index contributed by atoms with van der Waals surface area (Å²) in [5.41, 5.74) is 6.42. The van der Waals surface area contributed by atoms with E-state index in [0.717, 1.165) is 38.6 Å². The molecule has 4 nitrogen and oxygen atoms in total. The summed E-state index contributed by atoms with van der Waals surface area (Å²) in [7, 11) is 2.30. The highest BCUT2D eigenvalue weighted by Gasteiger charge is 2.49. The predicted molar refractivity (Wildman–Crippen MR) is 77.2 cm³/mol. The van der Waals surface area contributed by atoms with Crippen LogP contribution in [0.25, 0.3) is 0 Å². The van der Waals surface area contributed by atoms with Crippen LogP contribution in [0.2, 0.25) is 0 Å². The Morgan fingerprint density at radius 2 is 1.95 bits per heavy atom. The highest BCUT2D eigenvalue weighted by molar-refractivity contribution is 5.07. The van der Waals surface area contributed by atoms with Gasteiger partial charge in [-0.25, -0.2) is 0 Å². The van der Waals surface area contributed by atoms with Gasteiger partial charge in [0.05, 0.1) is 0 Å². The first-order valence-electron chi connectivity index (χ1n) is 7.93. The minimum atomic E-state index is 0.198. The third-order valence-electron chi connectivity index (χ3n) is 5.60. The van der Waals surface area contributed by atoms with E-state index in [9.17, 15) is 0 Å². The van der Waals surface area contributed by atoms with Gasteiger partial charge in [0.25, 0.3) is 0 Å². The number of likely N-dealkylation sites (N-methyl/N-ethyl adjacent to an activating group) is 1. The molecule has 2 atom stereocenters. The highest BCUT2D eigenvalue weighted by atomic mass is 16.5. The van der Waals surface area contributed by atoms with Crippen molar-refractivity contribution >= 4 is 0 Å². The Bertz CT molecular complexity index is 315. The minimum Gasteiger partial charge on any atom is -0.381 e. The molecule has 19 heavy (non-hydrogen) atoms. The van der Waals surface area contributed by atoms with Gasteiger partial charge in [0.2, 0.25) is 0 Å².